The number of phenolic OH excluding ortho intramolecular Hbond substituents is 1. The quantitative estimate of drug-likeness (QED) is 0.863. The molecule has 5 nitrogen and oxygen atoms in total. The van der Waals surface area contributed by atoms with Crippen LogP contribution in [0.4, 0.5) is 0 Å². The first-order valence-corrected chi connectivity index (χ1v) is 5.88. The highest BCUT2D eigenvalue weighted by Gasteiger charge is 2.12. The topological polar surface area (TPSA) is 71.7 Å². The van der Waals surface area contributed by atoms with Gasteiger partial charge in [0.1, 0.15) is 17.3 Å². The van der Waals surface area contributed by atoms with Crippen LogP contribution in [0.25, 0.3) is 0 Å². The van der Waals surface area contributed by atoms with Crippen molar-refractivity contribution < 1.29 is 19.1 Å². The van der Waals surface area contributed by atoms with Gasteiger partial charge >= 0.3 is 0 Å². The number of benzene rings is 1. The Morgan fingerprint density at radius 3 is 2.95 bits per heavy atom. The molecule has 2 rings (SSSR count). The maximum Gasteiger partial charge on any atom is 0.255 e. The molecule has 100 valence electrons. The third-order valence-electron chi connectivity index (χ3n) is 2.69. The van der Waals surface area contributed by atoms with E-state index < -0.39 is 0 Å². The van der Waals surface area contributed by atoms with Crippen LogP contribution in [0.1, 0.15) is 16.1 Å². The van der Waals surface area contributed by atoms with E-state index in [1.54, 1.807) is 18.4 Å². The minimum absolute atomic E-state index is 0.0729. The van der Waals surface area contributed by atoms with Crippen molar-refractivity contribution in [1.29, 1.82) is 0 Å². The van der Waals surface area contributed by atoms with Crippen LogP contribution in [0.5, 0.6) is 11.5 Å². The Kier molecular flexibility index (Phi) is 4.07. The van der Waals surface area contributed by atoms with E-state index in [1.807, 2.05) is 6.07 Å². The third kappa shape index (κ3) is 3.28. The lowest BCUT2D eigenvalue weighted by Crippen LogP contribution is -2.25. The monoisotopic (exact) mass is 261 g/mol. The first-order chi connectivity index (χ1) is 9.20. The van der Waals surface area contributed by atoms with Crippen molar-refractivity contribution in [3.05, 3.63) is 47.9 Å². The Hall–Kier alpha value is -2.43. The van der Waals surface area contributed by atoms with E-state index in [2.05, 4.69) is 5.32 Å². The highest BCUT2D eigenvalue weighted by molar-refractivity contribution is 5.97. The van der Waals surface area contributed by atoms with Crippen LogP contribution in [-0.4, -0.2) is 24.7 Å². The first kappa shape index (κ1) is 13.0. The zero-order chi connectivity index (χ0) is 13.7. The van der Waals surface area contributed by atoms with Gasteiger partial charge < -0.3 is 19.6 Å². The Bertz CT molecular complexity index is 549. The van der Waals surface area contributed by atoms with E-state index in [0.29, 0.717) is 18.7 Å². The Morgan fingerprint density at radius 1 is 1.42 bits per heavy atom. The molecule has 0 radical (unpaired) electrons. The van der Waals surface area contributed by atoms with E-state index in [9.17, 15) is 9.90 Å². The van der Waals surface area contributed by atoms with Crippen LogP contribution in [0.3, 0.4) is 0 Å². The minimum atomic E-state index is -0.344. The standard InChI is InChI=1S/C14H15NO4/c1-18-11-4-5-13(16)12(9-11)14(17)15-7-6-10-3-2-8-19-10/h2-5,8-9,16H,6-7H2,1H3,(H,15,17). The second-order valence-corrected chi connectivity index (χ2v) is 3.97. The van der Waals surface area contributed by atoms with Crippen LogP contribution in [0.15, 0.2) is 41.0 Å². The molecule has 0 atom stereocenters. The first-order valence-electron chi connectivity index (χ1n) is 5.88. The van der Waals surface area contributed by atoms with Gasteiger partial charge in [0.2, 0.25) is 0 Å². The lowest BCUT2D eigenvalue weighted by molar-refractivity contribution is 0.0950. The van der Waals surface area contributed by atoms with E-state index in [-0.39, 0.29) is 17.2 Å². The molecule has 0 saturated heterocycles. The SMILES string of the molecule is COc1ccc(O)c(C(=O)NCCc2ccco2)c1. The van der Waals surface area contributed by atoms with Gasteiger partial charge in [-0.3, -0.25) is 4.79 Å². The summed E-state index contributed by atoms with van der Waals surface area (Å²) < 4.78 is 10.2. The van der Waals surface area contributed by atoms with Gasteiger partial charge in [-0.15, -0.1) is 0 Å². The predicted molar refractivity (Wildman–Crippen MR) is 69.4 cm³/mol. The van der Waals surface area contributed by atoms with Crippen molar-refractivity contribution in [2.24, 2.45) is 0 Å². The smallest absolute Gasteiger partial charge is 0.255 e. The van der Waals surface area contributed by atoms with E-state index in [1.165, 1.54) is 19.2 Å². The lowest BCUT2D eigenvalue weighted by Gasteiger charge is -2.07. The summed E-state index contributed by atoms with van der Waals surface area (Å²) in [6.45, 7) is 0.434. The van der Waals surface area contributed by atoms with Crippen LogP contribution in [0, 0.1) is 0 Å². The van der Waals surface area contributed by atoms with Crippen LogP contribution < -0.4 is 10.1 Å². The van der Waals surface area contributed by atoms with Crippen molar-refractivity contribution >= 4 is 5.91 Å². The molecule has 1 aromatic carbocycles. The fourth-order valence-electron chi connectivity index (χ4n) is 1.67. The van der Waals surface area contributed by atoms with Gasteiger partial charge in [0, 0.05) is 13.0 Å². The number of carbonyl (C=O) groups excluding carboxylic acids is 1. The third-order valence-corrected chi connectivity index (χ3v) is 2.69. The van der Waals surface area contributed by atoms with Crippen molar-refractivity contribution in [3.8, 4) is 11.5 Å². The molecule has 1 aromatic heterocycles. The minimum Gasteiger partial charge on any atom is -0.507 e. The second-order valence-electron chi connectivity index (χ2n) is 3.97. The molecule has 0 saturated carbocycles. The van der Waals surface area contributed by atoms with E-state index in [0.717, 1.165) is 5.76 Å². The molecule has 19 heavy (non-hydrogen) atoms. The van der Waals surface area contributed by atoms with Gasteiger partial charge in [0.25, 0.3) is 5.91 Å². The average Bonchev–Trinajstić information content (AvgIpc) is 2.92. The summed E-state index contributed by atoms with van der Waals surface area (Å²) >= 11 is 0. The molecule has 0 unspecified atom stereocenters. The van der Waals surface area contributed by atoms with Gasteiger partial charge in [-0.2, -0.15) is 0 Å². The summed E-state index contributed by atoms with van der Waals surface area (Å²) in [5.74, 6) is 0.906. The van der Waals surface area contributed by atoms with Crippen molar-refractivity contribution in [1.82, 2.24) is 5.32 Å². The zero-order valence-corrected chi connectivity index (χ0v) is 10.6. The largest absolute Gasteiger partial charge is 0.507 e. The number of aromatic hydroxyl groups is 1. The maximum atomic E-state index is 11.9. The molecule has 0 fully saturated rings. The molecule has 0 aliphatic heterocycles. The Morgan fingerprint density at radius 2 is 2.26 bits per heavy atom. The number of ether oxygens (including phenoxy) is 1. The highest BCUT2D eigenvalue weighted by Crippen LogP contribution is 2.22. The molecule has 0 bridgehead atoms. The number of methoxy groups -OCH3 is 1. The molecule has 1 heterocycles. The summed E-state index contributed by atoms with van der Waals surface area (Å²) in [6, 6.07) is 8.16. The molecular formula is C14H15NO4. The van der Waals surface area contributed by atoms with Crippen LogP contribution >= 0.6 is 0 Å². The fourth-order valence-corrected chi connectivity index (χ4v) is 1.67. The lowest BCUT2D eigenvalue weighted by atomic mass is 10.1. The molecule has 1 amide bonds. The molecule has 2 aromatic rings. The number of nitrogens with one attached hydrogen (secondary N) is 1. The number of phenols is 1. The summed E-state index contributed by atoms with van der Waals surface area (Å²) in [5, 5.41) is 12.4. The van der Waals surface area contributed by atoms with E-state index in [4.69, 9.17) is 9.15 Å². The normalized spacial score (nSPS) is 10.2. The summed E-state index contributed by atoms with van der Waals surface area (Å²) in [4.78, 5) is 11.9. The Labute approximate surface area is 110 Å². The van der Waals surface area contributed by atoms with Gasteiger partial charge in [0.05, 0.1) is 18.9 Å². The molecule has 0 aliphatic rings. The zero-order valence-electron chi connectivity index (χ0n) is 10.6. The van der Waals surface area contributed by atoms with Gasteiger partial charge in [-0.1, -0.05) is 0 Å². The molecule has 0 spiro atoms. The second kappa shape index (κ2) is 5.95. The van der Waals surface area contributed by atoms with Crippen molar-refractivity contribution in [2.45, 2.75) is 6.42 Å². The maximum absolute atomic E-state index is 11.9. The van der Waals surface area contributed by atoms with Gasteiger partial charge in [-0.25, -0.2) is 0 Å². The van der Waals surface area contributed by atoms with E-state index >= 15 is 0 Å². The molecule has 2 N–H and O–H groups in total. The summed E-state index contributed by atoms with van der Waals surface area (Å²) in [7, 11) is 1.50. The van der Waals surface area contributed by atoms with Crippen molar-refractivity contribution in [2.75, 3.05) is 13.7 Å². The number of amides is 1. The van der Waals surface area contributed by atoms with Crippen LogP contribution in [0.2, 0.25) is 0 Å². The summed E-state index contributed by atoms with van der Waals surface area (Å²) in [5.41, 5.74) is 0.193. The van der Waals surface area contributed by atoms with Gasteiger partial charge in [0.15, 0.2) is 0 Å². The number of furan rings is 1. The highest BCUT2D eigenvalue weighted by atomic mass is 16.5. The number of rotatable bonds is 5. The van der Waals surface area contributed by atoms with Gasteiger partial charge in [-0.05, 0) is 30.3 Å². The van der Waals surface area contributed by atoms with Crippen molar-refractivity contribution in [3.63, 3.8) is 0 Å². The average molecular weight is 261 g/mol. The number of hydrogen-bond donors (Lipinski definition) is 2. The molecule has 0 aliphatic carbocycles. The predicted octanol–water partition coefficient (Wildman–Crippen LogP) is 1.97. The van der Waals surface area contributed by atoms with Crippen LogP contribution in [-0.2, 0) is 6.42 Å². The fraction of sp³-hybridized carbons (Fsp3) is 0.214. The molecule has 5 heteroatoms. The molecular weight excluding hydrogens is 246 g/mol. The number of carbonyl (C=O) groups is 1. The summed E-state index contributed by atoms with van der Waals surface area (Å²) in [6.07, 6.45) is 2.19. The Balaban J connectivity index is 1.95. The number of hydrogen-bond acceptors (Lipinski definition) is 4.